The Bertz CT molecular complexity index is 683. The van der Waals surface area contributed by atoms with Gasteiger partial charge in [0.25, 0.3) is 0 Å². The second-order valence-corrected chi connectivity index (χ2v) is 6.93. The molecule has 0 aliphatic rings. The fraction of sp³-hybridized carbons (Fsp3) is 0.100. The van der Waals surface area contributed by atoms with Gasteiger partial charge in [-0.25, -0.2) is 18.5 Å². The van der Waals surface area contributed by atoms with Gasteiger partial charge in [0.15, 0.2) is 0 Å². The number of benzene rings is 1. The summed E-state index contributed by atoms with van der Waals surface area (Å²) in [6.45, 7) is 0. The van der Waals surface area contributed by atoms with Crippen molar-refractivity contribution in [2.45, 2.75) is 5.75 Å². The molecular weight excluding hydrogens is 315 g/mol. The molecule has 96 valence electrons. The van der Waals surface area contributed by atoms with Crippen LogP contribution in [0.4, 0.5) is 0 Å². The van der Waals surface area contributed by atoms with E-state index in [1.165, 1.54) is 11.3 Å². The topological polar surface area (TPSA) is 73.1 Å². The summed E-state index contributed by atoms with van der Waals surface area (Å²) >= 11 is 13.0. The van der Waals surface area contributed by atoms with Crippen LogP contribution in [0.2, 0.25) is 10.0 Å². The van der Waals surface area contributed by atoms with Gasteiger partial charge in [0, 0.05) is 10.9 Å². The highest BCUT2D eigenvalue weighted by molar-refractivity contribution is 7.88. The number of primary sulfonamides is 1. The number of rotatable bonds is 3. The summed E-state index contributed by atoms with van der Waals surface area (Å²) in [5.41, 5.74) is 1.43. The molecule has 0 aliphatic heterocycles. The van der Waals surface area contributed by atoms with Crippen LogP contribution in [0.3, 0.4) is 0 Å². The SMILES string of the molecule is NS(=O)(=O)Cc1nc(-c2ccc(Cl)c(Cl)c2)cs1. The Hall–Kier alpha value is -0.660. The molecule has 4 nitrogen and oxygen atoms in total. The number of nitrogens with two attached hydrogens (primary N) is 1. The van der Waals surface area contributed by atoms with E-state index in [9.17, 15) is 8.42 Å². The molecule has 18 heavy (non-hydrogen) atoms. The van der Waals surface area contributed by atoms with E-state index in [2.05, 4.69) is 4.98 Å². The molecule has 1 aromatic carbocycles. The smallest absolute Gasteiger partial charge is 0.215 e. The van der Waals surface area contributed by atoms with E-state index in [0.29, 0.717) is 20.7 Å². The Balaban J connectivity index is 2.32. The van der Waals surface area contributed by atoms with Gasteiger partial charge < -0.3 is 0 Å². The molecule has 0 fully saturated rings. The van der Waals surface area contributed by atoms with Crippen molar-refractivity contribution >= 4 is 44.6 Å². The Morgan fingerprint density at radius 2 is 2.00 bits per heavy atom. The van der Waals surface area contributed by atoms with Gasteiger partial charge >= 0.3 is 0 Å². The maximum atomic E-state index is 11.0. The van der Waals surface area contributed by atoms with Gasteiger partial charge in [-0.05, 0) is 12.1 Å². The van der Waals surface area contributed by atoms with E-state index in [-0.39, 0.29) is 5.75 Å². The first kappa shape index (κ1) is 13.8. The highest BCUT2D eigenvalue weighted by atomic mass is 35.5. The predicted octanol–water partition coefficient (Wildman–Crippen LogP) is 2.91. The van der Waals surface area contributed by atoms with Crippen LogP contribution < -0.4 is 5.14 Å². The molecule has 0 amide bonds. The quantitative estimate of drug-likeness (QED) is 0.944. The molecule has 1 aromatic heterocycles. The Labute approximate surface area is 118 Å². The van der Waals surface area contributed by atoms with Gasteiger partial charge in [-0.2, -0.15) is 0 Å². The molecule has 8 heteroatoms. The van der Waals surface area contributed by atoms with E-state index in [1.54, 1.807) is 23.6 Å². The first-order valence-electron chi connectivity index (χ1n) is 4.75. The molecule has 0 saturated heterocycles. The van der Waals surface area contributed by atoms with Crippen LogP contribution in [0.1, 0.15) is 5.01 Å². The molecule has 1 heterocycles. The van der Waals surface area contributed by atoms with Crippen molar-refractivity contribution in [3.63, 3.8) is 0 Å². The lowest BCUT2D eigenvalue weighted by molar-refractivity contribution is 0.597. The summed E-state index contributed by atoms with van der Waals surface area (Å²) in [5, 5.41) is 8.04. The second kappa shape index (κ2) is 5.14. The Morgan fingerprint density at radius 1 is 1.28 bits per heavy atom. The minimum Gasteiger partial charge on any atom is -0.240 e. The van der Waals surface area contributed by atoms with Crippen molar-refractivity contribution in [2.24, 2.45) is 5.14 Å². The second-order valence-electron chi connectivity index (χ2n) is 3.56. The van der Waals surface area contributed by atoms with Crippen LogP contribution in [0.15, 0.2) is 23.6 Å². The lowest BCUT2D eigenvalue weighted by atomic mass is 10.2. The molecule has 2 aromatic rings. The van der Waals surface area contributed by atoms with E-state index in [0.717, 1.165) is 5.56 Å². The molecule has 0 saturated carbocycles. The highest BCUT2D eigenvalue weighted by Gasteiger charge is 2.11. The van der Waals surface area contributed by atoms with Gasteiger partial charge in [-0.1, -0.05) is 29.3 Å². The number of halogens is 2. The van der Waals surface area contributed by atoms with Gasteiger partial charge in [-0.3, -0.25) is 0 Å². The number of nitrogens with zero attached hydrogens (tertiary/aromatic N) is 1. The van der Waals surface area contributed by atoms with Crippen LogP contribution in [-0.2, 0) is 15.8 Å². The van der Waals surface area contributed by atoms with Crippen LogP contribution in [-0.4, -0.2) is 13.4 Å². The third kappa shape index (κ3) is 3.43. The van der Waals surface area contributed by atoms with Crippen molar-refractivity contribution in [1.29, 1.82) is 0 Å². The number of hydrogen-bond acceptors (Lipinski definition) is 4. The molecule has 0 radical (unpaired) electrons. The number of aromatic nitrogens is 1. The molecule has 2 rings (SSSR count). The van der Waals surface area contributed by atoms with E-state index >= 15 is 0 Å². The first-order chi connectivity index (χ1) is 8.35. The molecule has 2 N–H and O–H groups in total. The maximum absolute atomic E-state index is 11.0. The van der Waals surface area contributed by atoms with Crippen molar-refractivity contribution in [1.82, 2.24) is 4.98 Å². The van der Waals surface area contributed by atoms with E-state index in [4.69, 9.17) is 28.3 Å². The zero-order valence-corrected chi connectivity index (χ0v) is 12.1. The summed E-state index contributed by atoms with van der Waals surface area (Å²) in [6, 6.07) is 5.11. The van der Waals surface area contributed by atoms with Gasteiger partial charge in [-0.15, -0.1) is 11.3 Å². The molecular formula is C10H8Cl2N2O2S2. The van der Waals surface area contributed by atoms with E-state index in [1.807, 2.05) is 0 Å². The average molecular weight is 323 g/mol. The Morgan fingerprint density at radius 3 is 2.61 bits per heavy atom. The summed E-state index contributed by atoms with van der Waals surface area (Å²) < 4.78 is 21.9. The van der Waals surface area contributed by atoms with Crippen molar-refractivity contribution in [2.75, 3.05) is 0 Å². The van der Waals surface area contributed by atoms with Crippen LogP contribution in [0.25, 0.3) is 11.3 Å². The van der Waals surface area contributed by atoms with Gasteiger partial charge in [0.2, 0.25) is 10.0 Å². The predicted molar refractivity (Wildman–Crippen MR) is 74.4 cm³/mol. The number of sulfonamides is 1. The van der Waals surface area contributed by atoms with Crippen molar-refractivity contribution in [3.05, 3.63) is 38.6 Å². The zero-order chi connectivity index (χ0) is 13.3. The minimum atomic E-state index is -3.56. The van der Waals surface area contributed by atoms with Gasteiger partial charge in [0.1, 0.15) is 10.8 Å². The lowest BCUT2D eigenvalue weighted by Gasteiger charge is -1.99. The molecule has 0 aliphatic carbocycles. The molecule has 0 bridgehead atoms. The Kier molecular flexibility index (Phi) is 3.93. The normalized spacial score (nSPS) is 11.7. The standard InChI is InChI=1S/C10H8Cl2N2O2S2/c11-7-2-1-6(3-8(7)12)9-4-17-10(14-9)5-18(13,15)16/h1-4H,5H2,(H2,13,15,16). The number of hydrogen-bond donors (Lipinski definition) is 1. The molecule has 0 atom stereocenters. The molecule has 0 unspecified atom stereocenters. The van der Waals surface area contributed by atoms with Crippen LogP contribution in [0, 0.1) is 0 Å². The summed E-state index contributed by atoms with van der Waals surface area (Å²) in [6.07, 6.45) is 0. The largest absolute Gasteiger partial charge is 0.240 e. The summed E-state index contributed by atoms with van der Waals surface area (Å²) in [4.78, 5) is 4.19. The third-order valence-electron chi connectivity index (χ3n) is 2.09. The maximum Gasteiger partial charge on any atom is 0.215 e. The zero-order valence-electron chi connectivity index (χ0n) is 8.93. The number of thiazole rings is 1. The minimum absolute atomic E-state index is 0.265. The van der Waals surface area contributed by atoms with Gasteiger partial charge in [0.05, 0.1) is 15.7 Å². The fourth-order valence-electron chi connectivity index (χ4n) is 1.34. The highest BCUT2D eigenvalue weighted by Crippen LogP contribution is 2.29. The average Bonchev–Trinajstić information content (AvgIpc) is 2.68. The third-order valence-corrected chi connectivity index (χ3v) is 4.54. The van der Waals surface area contributed by atoms with Crippen molar-refractivity contribution < 1.29 is 8.42 Å². The fourth-order valence-corrected chi connectivity index (χ4v) is 3.40. The van der Waals surface area contributed by atoms with Crippen LogP contribution >= 0.6 is 34.5 Å². The van der Waals surface area contributed by atoms with Crippen LogP contribution in [0.5, 0.6) is 0 Å². The monoisotopic (exact) mass is 322 g/mol. The summed E-state index contributed by atoms with van der Waals surface area (Å²) in [5.74, 6) is -0.265. The lowest BCUT2D eigenvalue weighted by Crippen LogP contribution is -2.14. The molecule has 0 spiro atoms. The summed E-state index contributed by atoms with van der Waals surface area (Å²) in [7, 11) is -3.56. The first-order valence-corrected chi connectivity index (χ1v) is 8.10. The van der Waals surface area contributed by atoms with Crippen molar-refractivity contribution in [3.8, 4) is 11.3 Å². The van der Waals surface area contributed by atoms with E-state index < -0.39 is 10.0 Å².